The number of ether oxygens (including phenoxy) is 6. The van der Waals surface area contributed by atoms with E-state index in [-0.39, 0.29) is 24.8 Å². The summed E-state index contributed by atoms with van der Waals surface area (Å²) in [7, 11) is 14.2. The molecule has 8 nitrogen and oxygen atoms in total. The van der Waals surface area contributed by atoms with Gasteiger partial charge in [-0.25, -0.2) is 0 Å². The maximum Gasteiger partial charge on any atom is 0.136 e. The van der Waals surface area contributed by atoms with E-state index < -0.39 is 0 Å². The van der Waals surface area contributed by atoms with Crippen LogP contribution in [0.4, 0.5) is 0 Å². The lowest BCUT2D eigenvalue weighted by Crippen LogP contribution is -3.05. The van der Waals surface area contributed by atoms with E-state index in [4.69, 9.17) is 28.4 Å². The van der Waals surface area contributed by atoms with Gasteiger partial charge in [0.2, 0.25) is 0 Å². The van der Waals surface area contributed by atoms with Gasteiger partial charge in [0.15, 0.2) is 0 Å². The fourth-order valence-electron chi connectivity index (χ4n) is 4.25. The molecule has 0 heterocycles. The number of hydrogen-bond acceptors (Lipinski definition) is 6. The molecule has 0 aliphatic carbocycles. The molecule has 46 heavy (non-hydrogen) atoms. The summed E-state index contributed by atoms with van der Waals surface area (Å²) in [6.07, 6.45) is 3.02. The van der Waals surface area contributed by atoms with Crippen molar-refractivity contribution in [2.75, 3.05) is 102 Å². The minimum Gasteiger partial charge on any atom is -1.00 e. The van der Waals surface area contributed by atoms with Crippen molar-refractivity contribution in [2.24, 2.45) is 0 Å². The maximum atomic E-state index is 6.29. The summed E-state index contributed by atoms with van der Waals surface area (Å²) < 4.78 is 35.9. The molecule has 0 amide bonds. The normalized spacial score (nSPS) is 10.5. The van der Waals surface area contributed by atoms with Gasteiger partial charge in [-0.2, -0.15) is 0 Å². The van der Waals surface area contributed by atoms with Crippen molar-refractivity contribution in [2.45, 2.75) is 33.1 Å². The molecule has 0 aliphatic heterocycles. The molecule has 0 fully saturated rings. The van der Waals surface area contributed by atoms with Crippen molar-refractivity contribution in [1.82, 2.24) is 0 Å². The van der Waals surface area contributed by atoms with Crippen LogP contribution in [0.2, 0.25) is 0 Å². The number of quaternary nitrogens is 2. The van der Waals surface area contributed by atoms with Crippen LogP contribution in [0, 0.1) is 30.6 Å². The predicted molar refractivity (Wildman–Crippen MR) is 176 cm³/mol. The van der Waals surface area contributed by atoms with E-state index in [0.717, 1.165) is 65.0 Å². The van der Waals surface area contributed by atoms with Gasteiger partial charge in [-0.1, -0.05) is 17.8 Å². The molecule has 0 aromatic heterocycles. The van der Waals surface area contributed by atoms with Gasteiger partial charge in [0.25, 0.3) is 0 Å². The number of rotatable bonds is 19. The fourth-order valence-corrected chi connectivity index (χ4v) is 4.25. The fraction of sp³-hybridized carbons (Fsp3) is 0.556. The summed E-state index contributed by atoms with van der Waals surface area (Å²) in [5, 5.41) is 0. The molecule has 2 aromatic rings. The molecule has 0 spiro atoms. The topological polar surface area (TPSA) is 59.8 Å². The molecule has 10 heteroatoms. The van der Waals surface area contributed by atoms with Crippen LogP contribution in [0.3, 0.4) is 0 Å². The van der Waals surface area contributed by atoms with Gasteiger partial charge in [-0.3, -0.25) is 0 Å². The Morgan fingerprint density at radius 1 is 0.609 bits per heavy atom. The molecule has 258 valence electrons. The predicted octanol–water partition coefficient (Wildman–Crippen LogP) is -2.40. The SMILES string of the molecule is CC#Cc1cc(OCCOC)c(C#Cc2cc(OCCC[N+](C)(C)C)c(C)cc2OCCCC[NH+](C)C)cc1OCCOC.[Cl-].[Cl-]. The highest BCUT2D eigenvalue weighted by atomic mass is 35.5. The number of nitrogens with one attached hydrogen (secondary N) is 1. The molecule has 0 aliphatic rings. The second-order valence-corrected chi connectivity index (χ2v) is 12.0. The Bertz CT molecular complexity index is 1290. The zero-order valence-electron chi connectivity index (χ0n) is 29.2. The van der Waals surface area contributed by atoms with Crippen LogP contribution < -0.4 is 48.7 Å². The van der Waals surface area contributed by atoms with Crippen LogP contribution in [-0.4, -0.2) is 107 Å². The van der Waals surface area contributed by atoms with E-state index in [1.54, 1.807) is 21.1 Å². The van der Waals surface area contributed by atoms with E-state index >= 15 is 0 Å². The number of methoxy groups -OCH3 is 2. The monoisotopic (exact) mass is 680 g/mol. The lowest BCUT2D eigenvalue weighted by molar-refractivity contribution is -0.870. The summed E-state index contributed by atoms with van der Waals surface area (Å²) >= 11 is 0. The van der Waals surface area contributed by atoms with Crippen molar-refractivity contribution in [3.63, 3.8) is 0 Å². The molecule has 0 saturated carbocycles. The first-order valence-electron chi connectivity index (χ1n) is 15.4. The highest BCUT2D eigenvalue weighted by molar-refractivity contribution is 5.61. The Hall–Kier alpha value is -2.82. The molecule has 0 unspecified atom stereocenters. The van der Waals surface area contributed by atoms with Crippen molar-refractivity contribution in [3.05, 3.63) is 46.5 Å². The first kappa shape index (κ1) is 43.2. The highest BCUT2D eigenvalue weighted by Gasteiger charge is 2.13. The summed E-state index contributed by atoms with van der Waals surface area (Å²) in [6.45, 7) is 8.92. The van der Waals surface area contributed by atoms with Crippen molar-refractivity contribution in [3.8, 4) is 46.7 Å². The average molecular weight is 682 g/mol. The third kappa shape index (κ3) is 16.7. The molecule has 0 bridgehead atoms. The number of unbranched alkanes of at least 4 members (excludes halogenated alkanes) is 1. The van der Waals surface area contributed by atoms with E-state index in [1.807, 2.05) is 31.2 Å². The van der Waals surface area contributed by atoms with Gasteiger partial charge in [0.05, 0.1) is 91.4 Å². The number of benzene rings is 2. The van der Waals surface area contributed by atoms with Gasteiger partial charge in [0.1, 0.15) is 36.2 Å². The quantitative estimate of drug-likeness (QED) is 0.102. The van der Waals surface area contributed by atoms with E-state index in [9.17, 15) is 0 Å². The van der Waals surface area contributed by atoms with Crippen LogP contribution in [-0.2, 0) is 9.47 Å². The largest absolute Gasteiger partial charge is 1.00 e. The standard InChI is InChI=1S/C36H53N2O6.2ClH/c1-10-14-30-27-36(44-24-22-40-9)32(28-35(30)43-23-21-39-8)16-15-31-26-33(41-20-13-18-38(5,6)7)29(2)25-34(31)42-19-12-11-17-37(3)4;;/h25-28H,11-13,17-24H2,1-9H3;2*1H/q+1;;/p-1. The van der Waals surface area contributed by atoms with Crippen LogP contribution in [0.15, 0.2) is 24.3 Å². The third-order valence-electron chi connectivity index (χ3n) is 6.60. The lowest BCUT2D eigenvalue weighted by atomic mass is 10.1. The Morgan fingerprint density at radius 2 is 1.07 bits per heavy atom. The van der Waals surface area contributed by atoms with Gasteiger partial charge in [-0.15, -0.1) is 5.92 Å². The summed E-state index contributed by atoms with van der Waals surface area (Å²) in [5.74, 6) is 15.6. The Kier molecular flexibility index (Phi) is 22.1. The number of halogens is 2. The van der Waals surface area contributed by atoms with E-state index in [2.05, 4.69) is 58.9 Å². The summed E-state index contributed by atoms with van der Waals surface area (Å²) in [6, 6.07) is 7.78. The van der Waals surface area contributed by atoms with Crippen molar-refractivity contribution >= 4 is 0 Å². The van der Waals surface area contributed by atoms with Gasteiger partial charge in [0, 0.05) is 32.8 Å². The van der Waals surface area contributed by atoms with Crippen LogP contribution in [0.5, 0.6) is 23.0 Å². The van der Waals surface area contributed by atoms with Crippen molar-refractivity contribution < 1.29 is 62.6 Å². The van der Waals surface area contributed by atoms with Crippen LogP contribution in [0.25, 0.3) is 0 Å². The average Bonchev–Trinajstić information content (AvgIpc) is 2.96. The zero-order chi connectivity index (χ0) is 32.4. The Balaban J connectivity index is 0.0000101. The number of hydrogen-bond donors (Lipinski definition) is 1. The maximum absolute atomic E-state index is 6.29. The second kappa shape index (κ2) is 23.5. The number of aryl methyl sites for hydroxylation is 1. The molecule has 2 rings (SSSR count). The van der Waals surface area contributed by atoms with Crippen LogP contribution >= 0.6 is 0 Å². The minimum atomic E-state index is 0. The summed E-state index contributed by atoms with van der Waals surface area (Å²) in [5.41, 5.74) is 3.19. The van der Waals surface area contributed by atoms with Crippen molar-refractivity contribution in [1.29, 1.82) is 0 Å². The molecule has 0 saturated heterocycles. The van der Waals surface area contributed by atoms with E-state index in [1.165, 1.54) is 4.90 Å². The summed E-state index contributed by atoms with van der Waals surface area (Å²) in [4.78, 5) is 1.43. The molecular weight excluding hydrogens is 627 g/mol. The van der Waals surface area contributed by atoms with E-state index in [0.29, 0.717) is 56.7 Å². The highest BCUT2D eigenvalue weighted by Crippen LogP contribution is 2.31. The van der Waals surface area contributed by atoms with Gasteiger partial charge >= 0.3 is 0 Å². The lowest BCUT2D eigenvalue weighted by Gasteiger charge is -2.23. The molecular formula is C36H54Cl2N2O6. The molecule has 1 N–H and O–H groups in total. The third-order valence-corrected chi connectivity index (χ3v) is 6.60. The molecule has 0 radical (unpaired) electrons. The smallest absolute Gasteiger partial charge is 0.136 e. The van der Waals surface area contributed by atoms with Crippen LogP contribution in [0.1, 0.15) is 48.4 Å². The number of nitrogens with zero attached hydrogens (tertiary/aromatic N) is 1. The minimum absolute atomic E-state index is 0. The Labute approximate surface area is 290 Å². The molecule has 0 atom stereocenters. The first-order valence-corrected chi connectivity index (χ1v) is 15.4. The van der Waals surface area contributed by atoms with Gasteiger partial charge < -0.3 is 62.6 Å². The molecule has 2 aromatic carbocycles. The van der Waals surface area contributed by atoms with Gasteiger partial charge in [-0.05, 0) is 44.4 Å². The second-order valence-electron chi connectivity index (χ2n) is 12.0. The Morgan fingerprint density at radius 3 is 1.57 bits per heavy atom. The first-order chi connectivity index (χ1) is 21.1. The zero-order valence-corrected chi connectivity index (χ0v) is 30.8.